The Morgan fingerprint density at radius 2 is 1.90 bits per heavy atom. The number of amides is 2. The number of carbonyl (C=O) groups excluding carboxylic acids is 2. The Labute approximate surface area is 167 Å². The number of nitrogens with zero attached hydrogens (tertiary/aromatic N) is 2. The molecule has 3 rings (SSSR count). The number of aliphatic carboxylic acids is 1. The SMILES string of the molecule is Cc1ccc(-c2ccc(CN3CCC(O)=C(C(=O)NCC(=O)O)C3=O)cn2)cc1. The smallest absolute Gasteiger partial charge is 0.322 e. The van der Waals surface area contributed by atoms with E-state index in [1.54, 1.807) is 6.20 Å². The van der Waals surface area contributed by atoms with E-state index in [1.165, 1.54) is 4.90 Å². The van der Waals surface area contributed by atoms with Crippen LogP contribution >= 0.6 is 0 Å². The number of rotatable bonds is 6. The molecule has 29 heavy (non-hydrogen) atoms. The number of aliphatic hydroxyl groups is 1. The van der Waals surface area contributed by atoms with Gasteiger partial charge >= 0.3 is 5.97 Å². The third-order valence-corrected chi connectivity index (χ3v) is 4.58. The first-order chi connectivity index (χ1) is 13.8. The molecule has 1 aliphatic heterocycles. The Hall–Kier alpha value is -3.68. The van der Waals surface area contributed by atoms with Gasteiger partial charge in [-0.3, -0.25) is 19.4 Å². The zero-order valence-corrected chi connectivity index (χ0v) is 15.9. The fourth-order valence-electron chi connectivity index (χ4n) is 3.01. The van der Waals surface area contributed by atoms with Crippen molar-refractivity contribution < 1.29 is 24.6 Å². The molecular weight excluding hydrogens is 374 g/mol. The molecule has 1 aromatic heterocycles. The molecule has 150 valence electrons. The number of hydrogen-bond donors (Lipinski definition) is 3. The molecule has 0 saturated heterocycles. The molecule has 2 heterocycles. The standard InChI is InChI=1S/C21H21N3O5/c1-13-2-5-15(6-3-13)16-7-4-14(10-22-16)12-24-9-8-17(25)19(21(24)29)20(28)23-11-18(26)27/h2-7,10,25H,8-9,11-12H2,1H3,(H,23,28)(H,26,27). The average molecular weight is 395 g/mol. The molecular formula is C21H21N3O5. The molecule has 2 amide bonds. The summed E-state index contributed by atoms with van der Waals surface area (Å²) in [4.78, 5) is 41.2. The van der Waals surface area contributed by atoms with Gasteiger partial charge in [-0.05, 0) is 18.6 Å². The highest BCUT2D eigenvalue weighted by Crippen LogP contribution is 2.21. The number of pyridine rings is 1. The van der Waals surface area contributed by atoms with Crippen molar-refractivity contribution in [1.82, 2.24) is 15.2 Å². The maximum atomic E-state index is 12.6. The van der Waals surface area contributed by atoms with Gasteiger partial charge in [0.15, 0.2) is 0 Å². The van der Waals surface area contributed by atoms with Crippen molar-refractivity contribution in [3.63, 3.8) is 0 Å². The average Bonchev–Trinajstić information content (AvgIpc) is 2.70. The van der Waals surface area contributed by atoms with Crippen LogP contribution in [0.2, 0.25) is 0 Å². The molecule has 2 aromatic rings. The molecule has 0 fully saturated rings. The lowest BCUT2D eigenvalue weighted by molar-refractivity contribution is -0.138. The van der Waals surface area contributed by atoms with Crippen LogP contribution < -0.4 is 5.32 Å². The predicted molar refractivity (Wildman–Crippen MR) is 105 cm³/mol. The molecule has 0 aliphatic carbocycles. The maximum Gasteiger partial charge on any atom is 0.322 e. The topological polar surface area (TPSA) is 120 Å². The fourth-order valence-corrected chi connectivity index (χ4v) is 3.01. The van der Waals surface area contributed by atoms with Crippen LogP contribution in [-0.2, 0) is 20.9 Å². The van der Waals surface area contributed by atoms with Crippen LogP contribution in [0.15, 0.2) is 53.9 Å². The zero-order valence-electron chi connectivity index (χ0n) is 15.9. The summed E-state index contributed by atoms with van der Waals surface area (Å²) >= 11 is 0. The van der Waals surface area contributed by atoms with Crippen LogP contribution in [0.4, 0.5) is 0 Å². The summed E-state index contributed by atoms with van der Waals surface area (Å²) in [5, 5.41) is 20.7. The van der Waals surface area contributed by atoms with Crippen molar-refractivity contribution in [2.75, 3.05) is 13.1 Å². The van der Waals surface area contributed by atoms with E-state index in [4.69, 9.17) is 5.11 Å². The van der Waals surface area contributed by atoms with Gasteiger partial charge in [0.25, 0.3) is 11.8 Å². The number of hydrogen-bond acceptors (Lipinski definition) is 5. The lowest BCUT2D eigenvalue weighted by atomic mass is 10.0. The first-order valence-corrected chi connectivity index (χ1v) is 9.08. The lowest BCUT2D eigenvalue weighted by Gasteiger charge is -2.28. The summed E-state index contributed by atoms with van der Waals surface area (Å²) in [6.07, 6.45) is 1.79. The van der Waals surface area contributed by atoms with Crippen molar-refractivity contribution in [2.24, 2.45) is 0 Å². The van der Waals surface area contributed by atoms with Crippen molar-refractivity contribution in [2.45, 2.75) is 19.9 Å². The van der Waals surface area contributed by atoms with Crippen molar-refractivity contribution in [3.05, 3.63) is 65.1 Å². The minimum absolute atomic E-state index is 0.121. The molecule has 1 aromatic carbocycles. The summed E-state index contributed by atoms with van der Waals surface area (Å²) in [5.74, 6) is -3.10. The van der Waals surface area contributed by atoms with E-state index in [0.717, 1.165) is 22.4 Å². The van der Waals surface area contributed by atoms with E-state index in [0.29, 0.717) is 0 Å². The second kappa shape index (κ2) is 8.55. The third kappa shape index (κ3) is 4.78. The number of carbonyl (C=O) groups is 3. The van der Waals surface area contributed by atoms with Gasteiger partial charge in [-0.25, -0.2) is 0 Å². The van der Waals surface area contributed by atoms with Gasteiger partial charge < -0.3 is 20.4 Å². The minimum atomic E-state index is -1.24. The Kier molecular flexibility index (Phi) is 5.92. The van der Waals surface area contributed by atoms with Crippen LogP contribution in [0.1, 0.15) is 17.5 Å². The highest BCUT2D eigenvalue weighted by atomic mass is 16.4. The Balaban J connectivity index is 1.70. The molecule has 8 nitrogen and oxygen atoms in total. The minimum Gasteiger partial charge on any atom is -0.511 e. The molecule has 0 bridgehead atoms. The van der Waals surface area contributed by atoms with E-state index < -0.39 is 29.9 Å². The molecule has 1 aliphatic rings. The number of carboxylic acid groups (broad SMARTS) is 1. The van der Waals surface area contributed by atoms with Crippen molar-refractivity contribution in [1.29, 1.82) is 0 Å². The van der Waals surface area contributed by atoms with E-state index in [2.05, 4.69) is 10.3 Å². The molecule has 0 radical (unpaired) electrons. The number of carboxylic acids is 1. The van der Waals surface area contributed by atoms with Crippen molar-refractivity contribution >= 4 is 17.8 Å². The molecule has 0 unspecified atom stereocenters. The summed E-state index contributed by atoms with van der Waals surface area (Å²) in [6.45, 7) is 1.86. The predicted octanol–water partition coefficient (Wildman–Crippen LogP) is 1.80. The molecule has 0 atom stereocenters. The second-order valence-electron chi connectivity index (χ2n) is 6.79. The third-order valence-electron chi connectivity index (χ3n) is 4.58. The summed E-state index contributed by atoms with van der Waals surface area (Å²) < 4.78 is 0. The van der Waals surface area contributed by atoms with E-state index in [9.17, 15) is 19.5 Å². The number of aryl methyl sites for hydroxylation is 1. The Morgan fingerprint density at radius 3 is 2.52 bits per heavy atom. The Morgan fingerprint density at radius 1 is 1.17 bits per heavy atom. The number of benzene rings is 1. The molecule has 0 spiro atoms. The first-order valence-electron chi connectivity index (χ1n) is 9.08. The van der Waals surface area contributed by atoms with Gasteiger partial charge in [-0.2, -0.15) is 0 Å². The normalized spacial score (nSPS) is 14.1. The van der Waals surface area contributed by atoms with Crippen LogP contribution in [-0.4, -0.2) is 51.0 Å². The molecule has 0 saturated carbocycles. The fraction of sp³-hybridized carbons (Fsp3) is 0.238. The number of aromatic nitrogens is 1. The van der Waals surface area contributed by atoms with E-state index in [-0.39, 0.29) is 25.3 Å². The second-order valence-corrected chi connectivity index (χ2v) is 6.79. The largest absolute Gasteiger partial charge is 0.511 e. The quantitative estimate of drug-likeness (QED) is 0.642. The summed E-state index contributed by atoms with van der Waals surface area (Å²) in [6, 6.07) is 11.7. The van der Waals surface area contributed by atoms with Crippen LogP contribution in [0.3, 0.4) is 0 Å². The van der Waals surface area contributed by atoms with Crippen LogP contribution in [0.5, 0.6) is 0 Å². The number of aliphatic hydroxyl groups excluding tert-OH is 1. The number of nitrogens with one attached hydrogen (secondary N) is 1. The lowest BCUT2D eigenvalue weighted by Crippen LogP contribution is -2.43. The van der Waals surface area contributed by atoms with Gasteiger partial charge in [0, 0.05) is 31.3 Å². The van der Waals surface area contributed by atoms with Gasteiger partial charge in [0.05, 0.1) is 5.69 Å². The van der Waals surface area contributed by atoms with E-state index >= 15 is 0 Å². The van der Waals surface area contributed by atoms with Gasteiger partial charge in [-0.1, -0.05) is 35.9 Å². The van der Waals surface area contributed by atoms with Gasteiger partial charge in [0.2, 0.25) is 0 Å². The zero-order chi connectivity index (χ0) is 21.0. The van der Waals surface area contributed by atoms with Crippen LogP contribution in [0.25, 0.3) is 11.3 Å². The highest BCUT2D eigenvalue weighted by Gasteiger charge is 2.32. The first kappa shape index (κ1) is 20.1. The van der Waals surface area contributed by atoms with Crippen molar-refractivity contribution in [3.8, 4) is 11.3 Å². The summed E-state index contributed by atoms with van der Waals surface area (Å²) in [5.41, 5.74) is 3.32. The van der Waals surface area contributed by atoms with Crippen LogP contribution in [0, 0.1) is 6.92 Å². The van der Waals surface area contributed by atoms with E-state index in [1.807, 2.05) is 43.3 Å². The molecule has 8 heteroatoms. The highest BCUT2D eigenvalue weighted by molar-refractivity contribution is 6.19. The van der Waals surface area contributed by atoms with Gasteiger partial charge in [0.1, 0.15) is 17.9 Å². The monoisotopic (exact) mass is 395 g/mol. The summed E-state index contributed by atoms with van der Waals surface area (Å²) in [7, 11) is 0. The maximum absolute atomic E-state index is 12.6. The molecule has 3 N–H and O–H groups in total. The Bertz CT molecular complexity index is 965. The van der Waals surface area contributed by atoms with Gasteiger partial charge in [-0.15, -0.1) is 0 Å².